The van der Waals surface area contributed by atoms with Gasteiger partial charge in [-0.1, -0.05) is 91.8 Å². The van der Waals surface area contributed by atoms with E-state index in [0.717, 1.165) is 22.3 Å². The summed E-state index contributed by atoms with van der Waals surface area (Å²) in [5.74, 6) is 0.713. The summed E-state index contributed by atoms with van der Waals surface area (Å²) in [5, 5.41) is 20.8. The fourth-order valence-electron chi connectivity index (χ4n) is 4.60. The second kappa shape index (κ2) is 8.90. The molecule has 0 aromatic heterocycles. The lowest BCUT2D eigenvalue weighted by Crippen LogP contribution is -2.22. The van der Waals surface area contributed by atoms with Crippen LogP contribution in [-0.2, 0) is 10.8 Å². The van der Waals surface area contributed by atoms with Gasteiger partial charge in [0.1, 0.15) is 11.5 Å². The maximum Gasteiger partial charge on any atom is 0.141 e. The standard InChI is InChI=1S/C30H40N2O2/c1-17(2)23-13-21(15-25(31)27(23)33)29(5,6)19-9-11-20(12-10-19)30(7,8)22-14-24(18(3)4)28(34)26(32)16-22/h9-18,33-34H,31-32H2,1-8H3. The lowest BCUT2D eigenvalue weighted by molar-refractivity contribution is 0.466. The maximum absolute atomic E-state index is 10.4. The van der Waals surface area contributed by atoms with E-state index in [1.54, 1.807) is 0 Å². The Morgan fingerprint density at radius 2 is 0.853 bits per heavy atom. The molecular formula is C30H40N2O2. The Balaban J connectivity index is 2.02. The minimum Gasteiger partial charge on any atom is -0.505 e. The molecule has 0 aliphatic carbocycles. The van der Waals surface area contributed by atoms with Gasteiger partial charge in [0.25, 0.3) is 0 Å². The Labute approximate surface area is 204 Å². The molecule has 0 saturated heterocycles. The third-order valence-electron chi connectivity index (χ3n) is 7.35. The molecule has 182 valence electrons. The van der Waals surface area contributed by atoms with Crippen molar-refractivity contribution in [2.45, 2.75) is 78.1 Å². The van der Waals surface area contributed by atoms with Gasteiger partial charge in [0.2, 0.25) is 0 Å². The van der Waals surface area contributed by atoms with E-state index >= 15 is 0 Å². The third kappa shape index (κ3) is 4.46. The fraction of sp³-hybridized carbons (Fsp3) is 0.400. The van der Waals surface area contributed by atoms with Crippen LogP contribution < -0.4 is 11.5 Å². The Hall–Kier alpha value is -3.14. The second-order valence-electron chi connectivity index (χ2n) is 11.1. The minimum absolute atomic E-state index is 0.176. The van der Waals surface area contributed by atoms with Gasteiger partial charge in [-0.05, 0) is 57.3 Å². The van der Waals surface area contributed by atoms with E-state index in [1.165, 1.54) is 11.1 Å². The van der Waals surface area contributed by atoms with Crippen LogP contribution in [0.5, 0.6) is 11.5 Å². The van der Waals surface area contributed by atoms with Crippen LogP contribution in [0.3, 0.4) is 0 Å². The molecule has 0 atom stereocenters. The summed E-state index contributed by atoms with van der Waals surface area (Å²) in [7, 11) is 0. The zero-order chi connectivity index (χ0) is 25.6. The number of aromatic hydroxyl groups is 2. The summed E-state index contributed by atoms with van der Waals surface area (Å²) < 4.78 is 0. The zero-order valence-electron chi connectivity index (χ0n) is 21.8. The van der Waals surface area contributed by atoms with Gasteiger partial charge in [-0.25, -0.2) is 0 Å². The summed E-state index contributed by atoms with van der Waals surface area (Å²) in [6.45, 7) is 17.0. The first-order valence-electron chi connectivity index (χ1n) is 12.0. The molecule has 3 rings (SSSR count). The molecule has 4 heteroatoms. The molecule has 0 aliphatic rings. The summed E-state index contributed by atoms with van der Waals surface area (Å²) in [5.41, 5.74) is 18.8. The first kappa shape index (κ1) is 25.5. The van der Waals surface area contributed by atoms with Crippen molar-refractivity contribution in [3.05, 3.63) is 81.9 Å². The fourth-order valence-corrected chi connectivity index (χ4v) is 4.60. The molecule has 0 unspecified atom stereocenters. The van der Waals surface area contributed by atoms with E-state index in [4.69, 9.17) is 11.5 Å². The van der Waals surface area contributed by atoms with E-state index in [0.29, 0.717) is 11.4 Å². The highest BCUT2D eigenvalue weighted by molar-refractivity contribution is 5.62. The number of hydrogen-bond acceptors (Lipinski definition) is 4. The van der Waals surface area contributed by atoms with Crippen LogP contribution in [0.1, 0.15) is 101 Å². The molecule has 3 aromatic carbocycles. The van der Waals surface area contributed by atoms with Crippen LogP contribution in [0.4, 0.5) is 11.4 Å². The van der Waals surface area contributed by atoms with Gasteiger partial charge in [0, 0.05) is 10.8 Å². The van der Waals surface area contributed by atoms with Crippen molar-refractivity contribution in [1.29, 1.82) is 0 Å². The van der Waals surface area contributed by atoms with Gasteiger partial charge in [-0.2, -0.15) is 0 Å². The van der Waals surface area contributed by atoms with Crippen LogP contribution in [-0.4, -0.2) is 10.2 Å². The van der Waals surface area contributed by atoms with E-state index in [2.05, 4.69) is 91.8 Å². The number of benzene rings is 3. The number of nitrogen functional groups attached to an aromatic ring is 2. The highest BCUT2D eigenvalue weighted by Gasteiger charge is 2.29. The number of hydrogen-bond donors (Lipinski definition) is 4. The van der Waals surface area contributed by atoms with Gasteiger partial charge in [-0.15, -0.1) is 0 Å². The molecular weight excluding hydrogens is 420 g/mol. The Morgan fingerprint density at radius 1 is 0.559 bits per heavy atom. The van der Waals surface area contributed by atoms with Gasteiger partial charge in [0.05, 0.1) is 11.4 Å². The molecule has 0 saturated carbocycles. The largest absolute Gasteiger partial charge is 0.505 e. The quantitative estimate of drug-likeness (QED) is 0.232. The SMILES string of the molecule is CC(C)c1cc(C(C)(C)c2ccc(C(C)(C)c3cc(N)c(O)c(C(C)C)c3)cc2)cc(N)c1O. The Kier molecular flexibility index (Phi) is 6.67. The molecule has 0 spiro atoms. The van der Waals surface area contributed by atoms with E-state index in [9.17, 15) is 10.2 Å². The van der Waals surface area contributed by atoms with Crippen LogP contribution in [0.25, 0.3) is 0 Å². The molecule has 0 bridgehead atoms. The number of phenols is 2. The normalized spacial score (nSPS) is 12.5. The van der Waals surface area contributed by atoms with Gasteiger partial charge < -0.3 is 21.7 Å². The van der Waals surface area contributed by atoms with E-state index in [1.807, 2.05) is 12.1 Å². The molecule has 6 N–H and O–H groups in total. The van der Waals surface area contributed by atoms with Crippen LogP contribution in [0, 0.1) is 0 Å². The van der Waals surface area contributed by atoms with Crippen molar-refractivity contribution in [3.63, 3.8) is 0 Å². The zero-order valence-corrected chi connectivity index (χ0v) is 21.8. The summed E-state index contributed by atoms with van der Waals surface area (Å²) in [4.78, 5) is 0. The van der Waals surface area contributed by atoms with E-state index < -0.39 is 0 Å². The number of phenolic OH excluding ortho intramolecular Hbond substituents is 2. The van der Waals surface area contributed by atoms with Crippen molar-refractivity contribution in [2.75, 3.05) is 11.5 Å². The first-order valence-corrected chi connectivity index (χ1v) is 12.0. The summed E-state index contributed by atoms with van der Waals surface area (Å²) in [6, 6.07) is 16.6. The number of anilines is 2. The first-order chi connectivity index (χ1) is 15.7. The molecule has 4 nitrogen and oxygen atoms in total. The highest BCUT2D eigenvalue weighted by atomic mass is 16.3. The molecule has 0 radical (unpaired) electrons. The molecule has 0 amide bonds. The Bertz CT molecular complexity index is 1090. The summed E-state index contributed by atoms with van der Waals surface area (Å²) >= 11 is 0. The van der Waals surface area contributed by atoms with E-state index in [-0.39, 0.29) is 34.2 Å². The lowest BCUT2D eigenvalue weighted by atomic mass is 9.73. The average Bonchev–Trinajstić information content (AvgIpc) is 2.76. The number of rotatable bonds is 6. The van der Waals surface area contributed by atoms with Crippen LogP contribution in [0.2, 0.25) is 0 Å². The predicted octanol–water partition coefficient (Wildman–Crippen LogP) is 7.16. The van der Waals surface area contributed by atoms with Crippen LogP contribution >= 0.6 is 0 Å². The van der Waals surface area contributed by atoms with Crippen molar-refractivity contribution in [2.24, 2.45) is 0 Å². The van der Waals surface area contributed by atoms with Gasteiger partial charge >= 0.3 is 0 Å². The number of nitrogens with two attached hydrogens (primary N) is 2. The van der Waals surface area contributed by atoms with Crippen molar-refractivity contribution in [1.82, 2.24) is 0 Å². The highest BCUT2D eigenvalue weighted by Crippen LogP contribution is 2.42. The Morgan fingerprint density at radius 3 is 1.12 bits per heavy atom. The van der Waals surface area contributed by atoms with Crippen molar-refractivity contribution in [3.8, 4) is 11.5 Å². The topological polar surface area (TPSA) is 92.5 Å². The molecule has 0 heterocycles. The second-order valence-corrected chi connectivity index (χ2v) is 11.1. The predicted molar refractivity (Wildman–Crippen MR) is 144 cm³/mol. The molecule has 0 fully saturated rings. The average molecular weight is 461 g/mol. The smallest absolute Gasteiger partial charge is 0.141 e. The maximum atomic E-state index is 10.4. The minimum atomic E-state index is -0.290. The molecule has 34 heavy (non-hydrogen) atoms. The third-order valence-corrected chi connectivity index (χ3v) is 7.35. The lowest BCUT2D eigenvalue weighted by Gasteiger charge is -2.31. The van der Waals surface area contributed by atoms with Gasteiger partial charge in [0.15, 0.2) is 0 Å². The monoisotopic (exact) mass is 460 g/mol. The van der Waals surface area contributed by atoms with Crippen molar-refractivity contribution >= 4 is 11.4 Å². The van der Waals surface area contributed by atoms with Crippen molar-refractivity contribution < 1.29 is 10.2 Å². The van der Waals surface area contributed by atoms with Gasteiger partial charge in [-0.3, -0.25) is 0 Å². The summed E-state index contributed by atoms with van der Waals surface area (Å²) in [6.07, 6.45) is 0. The molecule has 0 aliphatic heterocycles. The molecule has 3 aromatic rings. The van der Waals surface area contributed by atoms with Crippen LogP contribution in [0.15, 0.2) is 48.5 Å².